The molecular formula is C33H23F5N6O2S. The number of rotatable bonds is 6. The van der Waals surface area contributed by atoms with Crippen molar-refractivity contribution in [1.29, 1.82) is 0 Å². The molecule has 4 aromatic carbocycles. The Labute approximate surface area is 269 Å². The summed E-state index contributed by atoms with van der Waals surface area (Å²) in [5.74, 6) is -1.31. The number of thioether (sulfide) groups is 1. The van der Waals surface area contributed by atoms with Crippen molar-refractivity contribution in [3.63, 3.8) is 0 Å². The summed E-state index contributed by atoms with van der Waals surface area (Å²) in [4.78, 5) is 35.5. The summed E-state index contributed by atoms with van der Waals surface area (Å²) in [7, 11) is 0. The van der Waals surface area contributed by atoms with E-state index in [2.05, 4.69) is 20.4 Å². The predicted octanol–water partition coefficient (Wildman–Crippen LogP) is 7.80. The van der Waals surface area contributed by atoms with Gasteiger partial charge in [0.15, 0.2) is 11.0 Å². The Kier molecular flexibility index (Phi) is 8.60. The number of benzene rings is 4. The van der Waals surface area contributed by atoms with Crippen molar-refractivity contribution >= 4 is 40.2 Å². The molecule has 238 valence electrons. The molecule has 0 bridgehead atoms. The normalized spacial score (nSPS) is 14.2. The lowest BCUT2D eigenvalue weighted by Crippen LogP contribution is -2.31. The van der Waals surface area contributed by atoms with E-state index in [9.17, 15) is 27.2 Å². The van der Waals surface area contributed by atoms with Gasteiger partial charge in [-0.25, -0.2) is 23.2 Å². The fourth-order valence-corrected chi connectivity index (χ4v) is 5.70. The molecule has 0 aliphatic carbocycles. The van der Waals surface area contributed by atoms with Crippen molar-refractivity contribution in [3.8, 4) is 17.1 Å². The number of anilines is 2. The molecule has 0 saturated carbocycles. The van der Waals surface area contributed by atoms with Crippen LogP contribution in [0, 0.1) is 18.6 Å². The lowest BCUT2D eigenvalue weighted by molar-refractivity contribution is -0.137. The van der Waals surface area contributed by atoms with Crippen LogP contribution < -0.4 is 10.2 Å². The van der Waals surface area contributed by atoms with E-state index in [1.54, 1.807) is 18.2 Å². The van der Waals surface area contributed by atoms with E-state index >= 15 is 4.39 Å². The second-order valence-corrected chi connectivity index (χ2v) is 11.5. The SMILES string of the molecule is Cc1ccc(Cc2ccc(F)cc2)c(N2C(=O)CSC2=NC(=O)Nc2ccc(-c3ncn(-c4ccc(C(F)(F)F)cc4)n3)cc2F)c1. The molecule has 1 aliphatic rings. The van der Waals surface area contributed by atoms with E-state index in [4.69, 9.17) is 0 Å². The zero-order valence-electron chi connectivity index (χ0n) is 24.4. The van der Waals surface area contributed by atoms with Crippen LogP contribution in [-0.2, 0) is 17.4 Å². The van der Waals surface area contributed by atoms with Gasteiger partial charge in [0.1, 0.15) is 18.0 Å². The van der Waals surface area contributed by atoms with Crippen molar-refractivity contribution in [1.82, 2.24) is 14.8 Å². The number of hydrogen-bond acceptors (Lipinski definition) is 5. The number of nitrogens with zero attached hydrogens (tertiary/aromatic N) is 5. The molecule has 1 aliphatic heterocycles. The molecule has 0 atom stereocenters. The van der Waals surface area contributed by atoms with Crippen LogP contribution >= 0.6 is 11.8 Å². The van der Waals surface area contributed by atoms with Crippen LogP contribution in [0.3, 0.4) is 0 Å². The molecule has 14 heteroatoms. The number of amides is 3. The number of carbonyl (C=O) groups is 2. The third kappa shape index (κ3) is 7.07. The highest BCUT2D eigenvalue weighted by atomic mass is 32.2. The standard InChI is InChI=1S/C33H23F5N6O2S/c1-19-2-5-21(15-20-3-9-24(34)10-4-20)28(14-19)44-29(45)17-47-32(44)41-31(46)40-27-13-6-22(16-26(27)35)30-39-18-43(42-30)25-11-7-23(8-12-25)33(36,37)38/h2-14,16,18H,15,17H2,1H3,(H,40,46). The van der Waals surface area contributed by atoms with Gasteiger partial charge in [0.2, 0.25) is 5.91 Å². The van der Waals surface area contributed by atoms with Gasteiger partial charge in [-0.15, -0.1) is 5.10 Å². The maximum Gasteiger partial charge on any atom is 0.416 e. The number of aliphatic imine (C=N–C) groups is 1. The Bertz CT molecular complexity index is 2010. The first kappa shape index (κ1) is 31.6. The first-order valence-electron chi connectivity index (χ1n) is 14.0. The molecular weight excluding hydrogens is 639 g/mol. The number of carbonyl (C=O) groups excluding carboxylic acids is 2. The Morgan fingerprint density at radius 2 is 1.72 bits per heavy atom. The third-order valence-electron chi connectivity index (χ3n) is 7.17. The summed E-state index contributed by atoms with van der Waals surface area (Å²) in [5, 5.41) is 6.74. The van der Waals surface area contributed by atoms with E-state index in [-0.39, 0.29) is 39.7 Å². The molecule has 47 heavy (non-hydrogen) atoms. The highest BCUT2D eigenvalue weighted by Gasteiger charge is 2.32. The fourth-order valence-electron chi connectivity index (χ4n) is 4.84. The number of nitrogens with one attached hydrogen (secondary N) is 1. The molecule has 2 heterocycles. The van der Waals surface area contributed by atoms with Gasteiger partial charge in [-0.05, 0) is 90.7 Å². The molecule has 0 spiro atoms. The molecule has 6 rings (SSSR count). The minimum absolute atomic E-state index is 0.0468. The first-order chi connectivity index (χ1) is 22.4. The average Bonchev–Trinajstić information content (AvgIpc) is 3.67. The van der Waals surface area contributed by atoms with Crippen molar-refractivity contribution in [2.75, 3.05) is 16.0 Å². The van der Waals surface area contributed by atoms with E-state index in [0.717, 1.165) is 46.7 Å². The van der Waals surface area contributed by atoms with Gasteiger partial charge in [-0.3, -0.25) is 9.69 Å². The zero-order valence-corrected chi connectivity index (χ0v) is 25.2. The number of aromatic nitrogens is 3. The van der Waals surface area contributed by atoms with Gasteiger partial charge < -0.3 is 5.32 Å². The first-order valence-corrected chi connectivity index (χ1v) is 15.0. The molecule has 0 unspecified atom stereocenters. The molecule has 1 N–H and O–H groups in total. The predicted molar refractivity (Wildman–Crippen MR) is 169 cm³/mol. The van der Waals surface area contributed by atoms with Gasteiger partial charge in [0.25, 0.3) is 0 Å². The Morgan fingerprint density at radius 3 is 2.43 bits per heavy atom. The minimum atomic E-state index is -4.48. The number of halogens is 5. The van der Waals surface area contributed by atoms with E-state index in [1.807, 2.05) is 19.1 Å². The lowest BCUT2D eigenvalue weighted by Gasteiger charge is -2.20. The summed E-state index contributed by atoms with van der Waals surface area (Å²) in [5.41, 5.74) is 2.60. The highest BCUT2D eigenvalue weighted by molar-refractivity contribution is 8.15. The van der Waals surface area contributed by atoms with Crippen molar-refractivity contribution < 1.29 is 31.5 Å². The second-order valence-electron chi connectivity index (χ2n) is 10.5. The Hall–Kier alpha value is -5.37. The molecule has 0 radical (unpaired) electrons. The summed E-state index contributed by atoms with van der Waals surface area (Å²) in [6.45, 7) is 1.86. The molecule has 8 nitrogen and oxygen atoms in total. The number of alkyl halides is 3. The van der Waals surface area contributed by atoms with Crippen molar-refractivity contribution in [2.24, 2.45) is 4.99 Å². The second kappa shape index (κ2) is 12.8. The van der Waals surface area contributed by atoms with Crippen LogP contribution in [0.5, 0.6) is 0 Å². The highest BCUT2D eigenvalue weighted by Crippen LogP contribution is 2.33. The van der Waals surface area contributed by atoms with Crippen LogP contribution in [0.1, 0.15) is 22.3 Å². The molecule has 1 saturated heterocycles. The van der Waals surface area contributed by atoms with Crippen molar-refractivity contribution in [2.45, 2.75) is 19.5 Å². The average molecular weight is 663 g/mol. The molecule has 1 aromatic heterocycles. The Balaban J connectivity index is 1.19. The maximum atomic E-state index is 15.1. The fraction of sp³-hybridized carbons (Fsp3) is 0.121. The largest absolute Gasteiger partial charge is 0.416 e. The van der Waals surface area contributed by atoms with Crippen LogP contribution in [0.15, 0.2) is 96.2 Å². The van der Waals surface area contributed by atoms with Gasteiger partial charge in [0.05, 0.1) is 28.4 Å². The monoisotopic (exact) mass is 662 g/mol. The number of amidine groups is 1. The van der Waals surface area contributed by atoms with E-state index < -0.39 is 23.6 Å². The topological polar surface area (TPSA) is 92.5 Å². The summed E-state index contributed by atoms with van der Waals surface area (Å²) < 4.78 is 68.4. The summed E-state index contributed by atoms with van der Waals surface area (Å²) in [6.07, 6.45) is -2.79. The van der Waals surface area contributed by atoms with Gasteiger partial charge in [0, 0.05) is 5.56 Å². The lowest BCUT2D eigenvalue weighted by atomic mass is 10.0. The van der Waals surface area contributed by atoms with Crippen LogP contribution in [0.25, 0.3) is 17.1 Å². The smallest absolute Gasteiger partial charge is 0.303 e. The van der Waals surface area contributed by atoms with E-state index in [1.165, 1.54) is 52.3 Å². The van der Waals surface area contributed by atoms with Gasteiger partial charge in [-0.2, -0.15) is 18.2 Å². The van der Waals surface area contributed by atoms with Gasteiger partial charge in [-0.1, -0.05) is 36.0 Å². The van der Waals surface area contributed by atoms with Gasteiger partial charge >= 0.3 is 12.2 Å². The number of hydrogen-bond donors (Lipinski definition) is 1. The molecule has 1 fully saturated rings. The number of aryl methyl sites for hydroxylation is 1. The maximum absolute atomic E-state index is 15.1. The zero-order chi connectivity index (χ0) is 33.3. The van der Waals surface area contributed by atoms with Crippen LogP contribution in [-0.4, -0.2) is 37.6 Å². The third-order valence-corrected chi connectivity index (χ3v) is 8.10. The van der Waals surface area contributed by atoms with E-state index in [0.29, 0.717) is 17.8 Å². The summed E-state index contributed by atoms with van der Waals surface area (Å²) in [6, 6.07) is 18.9. The quantitative estimate of drug-likeness (QED) is 0.188. The molecule has 3 amide bonds. The minimum Gasteiger partial charge on any atom is -0.303 e. The number of urea groups is 1. The van der Waals surface area contributed by atoms with Crippen LogP contribution in [0.2, 0.25) is 0 Å². The summed E-state index contributed by atoms with van der Waals surface area (Å²) >= 11 is 1.07. The Morgan fingerprint density at radius 1 is 0.979 bits per heavy atom. The molecule has 5 aromatic rings. The van der Waals surface area contributed by atoms with Crippen molar-refractivity contribution in [3.05, 3.63) is 125 Å². The van der Waals surface area contributed by atoms with Crippen LogP contribution in [0.4, 0.5) is 38.1 Å².